The van der Waals surface area contributed by atoms with E-state index in [4.69, 9.17) is 0 Å². The van der Waals surface area contributed by atoms with Crippen LogP contribution in [0.3, 0.4) is 0 Å². The molecule has 1 heterocycles. The monoisotopic (exact) mass is 314 g/mol. The number of anilines is 1. The predicted octanol–water partition coefficient (Wildman–Crippen LogP) is 2.39. The first-order chi connectivity index (χ1) is 10.7. The van der Waals surface area contributed by atoms with Gasteiger partial charge in [0.1, 0.15) is 5.57 Å². The summed E-state index contributed by atoms with van der Waals surface area (Å²) in [6.07, 6.45) is 5.53. The number of ketones is 1. The summed E-state index contributed by atoms with van der Waals surface area (Å²) >= 11 is 1.42. The van der Waals surface area contributed by atoms with Gasteiger partial charge >= 0.3 is 0 Å². The van der Waals surface area contributed by atoms with Crippen LogP contribution in [0, 0.1) is 0 Å². The van der Waals surface area contributed by atoms with Gasteiger partial charge in [0.2, 0.25) is 0 Å². The summed E-state index contributed by atoms with van der Waals surface area (Å²) < 4.78 is 0. The number of amides is 1. The van der Waals surface area contributed by atoms with Crippen LogP contribution in [0.4, 0.5) is 5.69 Å². The molecule has 0 saturated heterocycles. The minimum Gasteiger partial charge on any atom is -0.349 e. The summed E-state index contributed by atoms with van der Waals surface area (Å²) in [5, 5.41) is 6.89. The van der Waals surface area contributed by atoms with Crippen molar-refractivity contribution in [2.75, 3.05) is 11.1 Å². The molecule has 114 valence electrons. The van der Waals surface area contributed by atoms with Crippen LogP contribution in [-0.2, 0) is 22.4 Å². The number of fused-ring (bicyclic) bond motifs is 1. The number of benzene rings is 1. The van der Waals surface area contributed by atoms with E-state index in [0.29, 0.717) is 16.4 Å². The first-order valence-corrected chi connectivity index (χ1v) is 8.79. The SMILES string of the molecule is O=C1CSC(Nc2ccc3c(c2)CCC3)=C1C(=O)NC1CC1. The van der Waals surface area contributed by atoms with Gasteiger partial charge in [-0.25, -0.2) is 0 Å². The number of Topliss-reactive ketones (excluding diaryl/α,β-unsaturated/α-hetero) is 1. The van der Waals surface area contributed by atoms with Crippen LogP contribution in [0.25, 0.3) is 0 Å². The molecule has 1 saturated carbocycles. The van der Waals surface area contributed by atoms with E-state index in [1.807, 2.05) is 6.07 Å². The maximum atomic E-state index is 12.3. The third-order valence-corrected chi connectivity index (χ3v) is 5.35. The summed E-state index contributed by atoms with van der Waals surface area (Å²) in [5.41, 5.74) is 4.07. The molecular weight excluding hydrogens is 296 g/mol. The summed E-state index contributed by atoms with van der Waals surface area (Å²) in [5.74, 6) is 0.0497. The summed E-state index contributed by atoms with van der Waals surface area (Å²) in [4.78, 5) is 24.3. The van der Waals surface area contributed by atoms with Crippen molar-refractivity contribution < 1.29 is 9.59 Å². The van der Waals surface area contributed by atoms with E-state index in [1.54, 1.807) is 0 Å². The maximum absolute atomic E-state index is 12.3. The summed E-state index contributed by atoms with van der Waals surface area (Å²) in [6.45, 7) is 0. The average molecular weight is 314 g/mol. The Morgan fingerprint density at radius 3 is 2.82 bits per heavy atom. The number of aryl methyl sites for hydroxylation is 2. The Balaban J connectivity index is 1.57. The second-order valence-electron chi connectivity index (χ2n) is 6.13. The average Bonchev–Trinajstić information content (AvgIpc) is 3.06. The minimum absolute atomic E-state index is 0.0770. The molecule has 1 aromatic carbocycles. The van der Waals surface area contributed by atoms with Gasteiger partial charge in [-0.2, -0.15) is 0 Å². The predicted molar refractivity (Wildman–Crippen MR) is 87.7 cm³/mol. The maximum Gasteiger partial charge on any atom is 0.257 e. The van der Waals surface area contributed by atoms with Gasteiger partial charge in [0.25, 0.3) is 5.91 Å². The van der Waals surface area contributed by atoms with Gasteiger partial charge in [-0.05, 0) is 55.4 Å². The van der Waals surface area contributed by atoms with Crippen molar-refractivity contribution in [3.05, 3.63) is 39.9 Å². The van der Waals surface area contributed by atoms with E-state index < -0.39 is 0 Å². The molecule has 2 N–H and O–H groups in total. The van der Waals surface area contributed by atoms with Gasteiger partial charge in [-0.1, -0.05) is 17.8 Å². The van der Waals surface area contributed by atoms with Crippen LogP contribution < -0.4 is 10.6 Å². The highest BCUT2D eigenvalue weighted by Gasteiger charge is 2.33. The molecule has 0 bridgehead atoms. The standard InChI is InChI=1S/C17H18N2O2S/c20-14-9-22-17(15(14)16(21)18-12-6-7-12)19-13-5-4-10-2-1-3-11(10)8-13/h4-5,8,12,19H,1-3,6-7,9H2,(H,18,21). The Hall–Kier alpha value is -1.75. The highest BCUT2D eigenvalue weighted by Crippen LogP contribution is 2.33. The van der Waals surface area contributed by atoms with Crippen LogP contribution in [-0.4, -0.2) is 23.5 Å². The van der Waals surface area contributed by atoms with E-state index in [0.717, 1.165) is 31.4 Å². The number of hydrogen-bond acceptors (Lipinski definition) is 4. The lowest BCUT2D eigenvalue weighted by atomic mass is 10.1. The number of thioether (sulfide) groups is 1. The number of carbonyl (C=O) groups is 2. The molecule has 1 aliphatic heterocycles. The third kappa shape index (κ3) is 2.65. The normalized spacial score (nSPS) is 20.3. The fraction of sp³-hybridized carbons (Fsp3) is 0.412. The smallest absolute Gasteiger partial charge is 0.257 e. The zero-order valence-electron chi connectivity index (χ0n) is 12.3. The Labute approximate surface area is 133 Å². The van der Waals surface area contributed by atoms with Crippen LogP contribution in [0.1, 0.15) is 30.4 Å². The number of carbonyl (C=O) groups excluding carboxylic acids is 2. The number of rotatable bonds is 4. The highest BCUT2D eigenvalue weighted by molar-refractivity contribution is 8.04. The molecule has 22 heavy (non-hydrogen) atoms. The van der Waals surface area contributed by atoms with E-state index in [1.165, 1.54) is 29.3 Å². The second-order valence-corrected chi connectivity index (χ2v) is 7.11. The molecular formula is C17H18N2O2S. The quantitative estimate of drug-likeness (QED) is 0.838. The first kappa shape index (κ1) is 13.9. The van der Waals surface area contributed by atoms with Gasteiger partial charge in [0, 0.05) is 11.7 Å². The van der Waals surface area contributed by atoms with Gasteiger partial charge in [0.15, 0.2) is 5.78 Å². The highest BCUT2D eigenvalue weighted by atomic mass is 32.2. The molecule has 1 aromatic rings. The van der Waals surface area contributed by atoms with Gasteiger partial charge in [-0.15, -0.1) is 0 Å². The van der Waals surface area contributed by atoms with Crippen molar-refractivity contribution in [1.29, 1.82) is 0 Å². The lowest BCUT2D eigenvalue weighted by Gasteiger charge is -2.11. The van der Waals surface area contributed by atoms with Crippen LogP contribution >= 0.6 is 11.8 Å². The minimum atomic E-state index is -0.221. The van der Waals surface area contributed by atoms with Gasteiger partial charge in [0.05, 0.1) is 10.8 Å². The van der Waals surface area contributed by atoms with Gasteiger partial charge in [-0.3, -0.25) is 9.59 Å². The molecule has 5 heteroatoms. The van der Waals surface area contributed by atoms with E-state index in [2.05, 4.69) is 22.8 Å². The zero-order valence-corrected chi connectivity index (χ0v) is 13.1. The Bertz CT molecular complexity index is 692. The van der Waals surface area contributed by atoms with Crippen molar-refractivity contribution in [2.24, 2.45) is 0 Å². The molecule has 3 aliphatic rings. The molecule has 1 fully saturated rings. The van der Waals surface area contributed by atoms with E-state index >= 15 is 0 Å². The Morgan fingerprint density at radius 1 is 1.18 bits per heavy atom. The van der Waals surface area contributed by atoms with Crippen LogP contribution in [0.5, 0.6) is 0 Å². The first-order valence-electron chi connectivity index (χ1n) is 7.80. The van der Waals surface area contributed by atoms with Crippen molar-refractivity contribution in [1.82, 2.24) is 5.32 Å². The lowest BCUT2D eigenvalue weighted by molar-refractivity contribution is -0.121. The second kappa shape index (κ2) is 5.47. The topological polar surface area (TPSA) is 58.2 Å². The lowest BCUT2D eigenvalue weighted by Crippen LogP contribution is -2.30. The molecule has 0 unspecified atom stereocenters. The van der Waals surface area contributed by atoms with E-state index in [9.17, 15) is 9.59 Å². The van der Waals surface area contributed by atoms with E-state index in [-0.39, 0.29) is 17.7 Å². The van der Waals surface area contributed by atoms with Gasteiger partial charge < -0.3 is 10.6 Å². The summed E-state index contributed by atoms with van der Waals surface area (Å²) in [7, 11) is 0. The number of hydrogen-bond donors (Lipinski definition) is 2. The van der Waals surface area contributed by atoms with Crippen molar-refractivity contribution in [2.45, 2.75) is 38.1 Å². The fourth-order valence-electron chi connectivity index (χ4n) is 3.00. The zero-order chi connectivity index (χ0) is 15.1. The fourth-order valence-corrected chi connectivity index (χ4v) is 3.96. The third-order valence-electron chi connectivity index (χ3n) is 4.35. The van der Waals surface area contributed by atoms with Crippen LogP contribution in [0.2, 0.25) is 0 Å². The number of nitrogens with one attached hydrogen (secondary N) is 2. The van der Waals surface area contributed by atoms with Crippen molar-refractivity contribution in [3.8, 4) is 0 Å². The largest absolute Gasteiger partial charge is 0.349 e. The molecule has 0 spiro atoms. The van der Waals surface area contributed by atoms with Crippen molar-refractivity contribution >= 4 is 29.1 Å². The molecule has 2 aliphatic carbocycles. The molecule has 0 aromatic heterocycles. The van der Waals surface area contributed by atoms with Crippen LogP contribution in [0.15, 0.2) is 28.8 Å². The molecule has 4 rings (SSSR count). The molecule has 4 nitrogen and oxygen atoms in total. The molecule has 1 amide bonds. The molecule has 0 radical (unpaired) electrons. The molecule has 0 atom stereocenters. The van der Waals surface area contributed by atoms with Crippen molar-refractivity contribution in [3.63, 3.8) is 0 Å². The Morgan fingerprint density at radius 2 is 2.00 bits per heavy atom. The Kier molecular flexibility index (Phi) is 3.45. The summed E-state index contributed by atoms with van der Waals surface area (Å²) in [6, 6.07) is 6.60.